The molecule has 1 unspecified atom stereocenters. The van der Waals surface area contributed by atoms with Crippen LogP contribution < -0.4 is 10.1 Å². The number of aryl methyl sites for hydroxylation is 1. The van der Waals surface area contributed by atoms with Crippen molar-refractivity contribution < 1.29 is 9.53 Å². The molecule has 5 nitrogen and oxygen atoms in total. The molecule has 36 heavy (non-hydrogen) atoms. The van der Waals surface area contributed by atoms with Crippen LogP contribution in [0.4, 0.5) is 0 Å². The molecule has 5 heteroatoms. The van der Waals surface area contributed by atoms with E-state index < -0.39 is 0 Å². The van der Waals surface area contributed by atoms with E-state index in [-0.39, 0.29) is 5.91 Å². The van der Waals surface area contributed by atoms with Gasteiger partial charge in [-0.3, -0.25) is 4.79 Å². The molecule has 4 aromatic rings. The third kappa shape index (κ3) is 6.85. The van der Waals surface area contributed by atoms with Gasteiger partial charge in [0.25, 0.3) is 0 Å². The third-order valence-electron chi connectivity index (χ3n) is 6.48. The molecule has 0 aliphatic heterocycles. The lowest BCUT2D eigenvalue weighted by atomic mass is 9.99. The Labute approximate surface area is 213 Å². The number of carbonyl (C=O) groups is 1. The van der Waals surface area contributed by atoms with Gasteiger partial charge in [0, 0.05) is 19.0 Å². The summed E-state index contributed by atoms with van der Waals surface area (Å²) in [7, 11) is 0. The summed E-state index contributed by atoms with van der Waals surface area (Å²) >= 11 is 0. The lowest BCUT2D eigenvalue weighted by molar-refractivity contribution is -0.116. The van der Waals surface area contributed by atoms with Crippen LogP contribution in [0, 0.1) is 0 Å². The number of fused-ring (bicyclic) bond motifs is 1. The van der Waals surface area contributed by atoms with Crippen molar-refractivity contribution in [1.82, 2.24) is 14.9 Å². The van der Waals surface area contributed by atoms with E-state index in [0.29, 0.717) is 19.1 Å². The first-order chi connectivity index (χ1) is 17.6. The van der Waals surface area contributed by atoms with Crippen molar-refractivity contribution in [1.29, 1.82) is 0 Å². The number of nitrogens with zero attached hydrogens (tertiary/aromatic N) is 2. The number of carbonyl (C=O) groups excluding carboxylic acids is 1. The third-order valence-corrected chi connectivity index (χ3v) is 6.48. The SMILES string of the molecule is CCC(C)c1ccc(OCCn2c(CCCNC(=O)/C=C\c3ccccc3)nc3ccccc32)cc1. The highest BCUT2D eigenvalue weighted by molar-refractivity contribution is 5.91. The molecule has 0 spiro atoms. The smallest absolute Gasteiger partial charge is 0.243 e. The monoisotopic (exact) mass is 481 g/mol. The van der Waals surface area contributed by atoms with Gasteiger partial charge in [0.2, 0.25) is 5.91 Å². The molecule has 0 saturated heterocycles. The maximum atomic E-state index is 12.2. The number of nitrogens with one attached hydrogen (secondary N) is 1. The molecule has 0 aliphatic carbocycles. The standard InChI is InChI=1S/C31H35N3O2/c1-3-24(2)26-16-18-27(19-17-26)36-23-22-34-29-13-8-7-12-28(29)33-30(34)14-9-21-32-31(35)20-15-25-10-5-4-6-11-25/h4-8,10-13,15-20,24H,3,9,14,21-23H2,1-2H3,(H,32,35)/b20-15-. The average molecular weight is 482 g/mol. The van der Waals surface area contributed by atoms with E-state index in [1.165, 1.54) is 5.56 Å². The van der Waals surface area contributed by atoms with E-state index in [9.17, 15) is 4.79 Å². The van der Waals surface area contributed by atoms with E-state index in [0.717, 1.165) is 54.0 Å². The number of rotatable bonds is 12. The molecule has 0 bridgehead atoms. The van der Waals surface area contributed by atoms with Gasteiger partial charge in [-0.15, -0.1) is 0 Å². The molecule has 1 N–H and O–H groups in total. The number of benzene rings is 3. The molecule has 0 radical (unpaired) electrons. The second-order valence-corrected chi connectivity index (χ2v) is 9.03. The molecule has 4 rings (SSSR count). The maximum Gasteiger partial charge on any atom is 0.243 e. The number of imidazole rings is 1. The normalized spacial score (nSPS) is 12.2. The van der Waals surface area contributed by atoms with Gasteiger partial charge in [0.15, 0.2) is 0 Å². The van der Waals surface area contributed by atoms with E-state index >= 15 is 0 Å². The molecular weight excluding hydrogens is 446 g/mol. The highest BCUT2D eigenvalue weighted by Crippen LogP contribution is 2.22. The summed E-state index contributed by atoms with van der Waals surface area (Å²) in [6, 6.07) is 26.4. The lowest BCUT2D eigenvalue weighted by Crippen LogP contribution is -2.23. The van der Waals surface area contributed by atoms with Gasteiger partial charge in [-0.25, -0.2) is 4.98 Å². The Bertz CT molecular complexity index is 1280. The minimum atomic E-state index is -0.0832. The fraction of sp³-hybridized carbons (Fsp3) is 0.290. The van der Waals surface area contributed by atoms with E-state index in [1.54, 1.807) is 6.08 Å². The van der Waals surface area contributed by atoms with Crippen molar-refractivity contribution in [3.63, 3.8) is 0 Å². The number of hydrogen-bond acceptors (Lipinski definition) is 3. The average Bonchev–Trinajstić information content (AvgIpc) is 3.27. The van der Waals surface area contributed by atoms with Crippen LogP contribution in [0.2, 0.25) is 0 Å². The zero-order valence-electron chi connectivity index (χ0n) is 21.2. The highest BCUT2D eigenvalue weighted by atomic mass is 16.5. The topological polar surface area (TPSA) is 56.1 Å². The molecular formula is C31H35N3O2. The lowest BCUT2D eigenvalue weighted by Gasteiger charge is -2.13. The number of ether oxygens (including phenoxy) is 1. The largest absolute Gasteiger partial charge is 0.492 e. The van der Waals surface area contributed by atoms with Crippen LogP contribution >= 0.6 is 0 Å². The highest BCUT2D eigenvalue weighted by Gasteiger charge is 2.11. The van der Waals surface area contributed by atoms with E-state index in [2.05, 4.69) is 54.1 Å². The molecule has 1 amide bonds. The van der Waals surface area contributed by atoms with Crippen molar-refractivity contribution in [2.75, 3.05) is 13.2 Å². The summed E-state index contributed by atoms with van der Waals surface area (Å²) in [4.78, 5) is 17.0. The first kappa shape index (κ1) is 25.2. The fourth-order valence-corrected chi connectivity index (χ4v) is 4.20. The van der Waals surface area contributed by atoms with Crippen LogP contribution in [0.15, 0.2) is 84.9 Å². The molecule has 1 atom stereocenters. The Morgan fingerprint density at radius 3 is 2.56 bits per heavy atom. The summed E-state index contributed by atoms with van der Waals surface area (Å²) in [5.74, 6) is 2.38. The summed E-state index contributed by atoms with van der Waals surface area (Å²) < 4.78 is 8.29. The Balaban J connectivity index is 1.31. The second kappa shape index (κ2) is 12.7. The zero-order chi connectivity index (χ0) is 25.2. The van der Waals surface area contributed by atoms with Gasteiger partial charge in [-0.05, 0) is 60.2 Å². The summed E-state index contributed by atoms with van der Waals surface area (Å²) in [5, 5.41) is 2.97. The summed E-state index contributed by atoms with van der Waals surface area (Å²) in [6.45, 7) is 6.33. The van der Waals surface area contributed by atoms with Crippen molar-refractivity contribution in [3.05, 3.63) is 102 Å². The van der Waals surface area contributed by atoms with Gasteiger partial charge < -0.3 is 14.6 Å². The summed E-state index contributed by atoms with van der Waals surface area (Å²) in [6.07, 6.45) is 6.13. The molecule has 0 fully saturated rings. The van der Waals surface area contributed by atoms with Gasteiger partial charge >= 0.3 is 0 Å². The fourth-order valence-electron chi connectivity index (χ4n) is 4.20. The van der Waals surface area contributed by atoms with Crippen LogP contribution in [0.3, 0.4) is 0 Å². The zero-order valence-corrected chi connectivity index (χ0v) is 21.2. The van der Waals surface area contributed by atoms with Gasteiger partial charge in [0.1, 0.15) is 18.2 Å². The first-order valence-corrected chi connectivity index (χ1v) is 12.8. The van der Waals surface area contributed by atoms with Crippen molar-refractivity contribution >= 4 is 23.0 Å². The Kier molecular flexibility index (Phi) is 8.92. The predicted molar refractivity (Wildman–Crippen MR) is 147 cm³/mol. The first-order valence-electron chi connectivity index (χ1n) is 12.8. The van der Waals surface area contributed by atoms with Crippen molar-refractivity contribution in [2.45, 2.75) is 45.6 Å². The van der Waals surface area contributed by atoms with Crippen LogP contribution in [-0.4, -0.2) is 28.6 Å². The van der Waals surface area contributed by atoms with Gasteiger partial charge in [-0.2, -0.15) is 0 Å². The minimum Gasteiger partial charge on any atom is -0.492 e. The maximum absolute atomic E-state index is 12.2. The van der Waals surface area contributed by atoms with Crippen molar-refractivity contribution in [2.24, 2.45) is 0 Å². The minimum absolute atomic E-state index is 0.0832. The Hall–Kier alpha value is -3.86. The van der Waals surface area contributed by atoms with Gasteiger partial charge in [-0.1, -0.05) is 68.4 Å². The number of amides is 1. The van der Waals surface area contributed by atoms with Crippen LogP contribution in [0.1, 0.15) is 49.6 Å². The van der Waals surface area contributed by atoms with Gasteiger partial charge in [0.05, 0.1) is 17.6 Å². The van der Waals surface area contributed by atoms with Crippen LogP contribution in [-0.2, 0) is 17.8 Å². The van der Waals surface area contributed by atoms with Crippen LogP contribution in [0.25, 0.3) is 17.1 Å². The molecule has 0 aliphatic rings. The molecule has 1 heterocycles. The summed E-state index contributed by atoms with van der Waals surface area (Å²) in [5.41, 5.74) is 4.45. The molecule has 1 aromatic heterocycles. The molecule has 3 aromatic carbocycles. The predicted octanol–water partition coefficient (Wildman–Crippen LogP) is 6.39. The molecule has 186 valence electrons. The second-order valence-electron chi connectivity index (χ2n) is 9.03. The van der Waals surface area contributed by atoms with Crippen molar-refractivity contribution in [3.8, 4) is 5.75 Å². The van der Waals surface area contributed by atoms with E-state index in [1.807, 2.05) is 54.6 Å². The Morgan fingerprint density at radius 1 is 1.03 bits per heavy atom. The number of para-hydroxylation sites is 2. The number of hydrogen-bond donors (Lipinski definition) is 1. The quantitative estimate of drug-likeness (QED) is 0.188. The Morgan fingerprint density at radius 2 is 1.78 bits per heavy atom. The number of aromatic nitrogens is 2. The van der Waals surface area contributed by atoms with E-state index in [4.69, 9.17) is 9.72 Å². The molecule has 0 saturated carbocycles. The van der Waals surface area contributed by atoms with Crippen LogP contribution in [0.5, 0.6) is 5.75 Å².